The van der Waals surface area contributed by atoms with Crippen LogP contribution >= 0.6 is 0 Å². The first kappa shape index (κ1) is 16.0. The van der Waals surface area contributed by atoms with E-state index in [4.69, 9.17) is 0 Å². The maximum atomic E-state index is 12.7. The van der Waals surface area contributed by atoms with Crippen LogP contribution in [0.4, 0.5) is 5.69 Å². The summed E-state index contributed by atoms with van der Waals surface area (Å²) in [5.74, 6) is 1.01. The third-order valence-electron chi connectivity index (χ3n) is 5.34. The van der Waals surface area contributed by atoms with Crippen molar-refractivity contribution in [1.82, 2.24) is 24.6 Å². The van der Waals surface area contributed by atoms with Gasteiger partial charge in [0.2, 0.25) is 5.91 Å². The van der Waals surface area contributed by atoms with E-state index in [-0.39, 0.29) is 17.9 Å². The summed E-state index contributed by atoms with van der Waals surface area (Å²) in [6.07, 6.45) is 5.16. The van der Waals surface area contributed by atoms with Gasteiger partial charge in [0.15, 0.2) is 0 Å². The summed E-state index contributed by atoms with van der Waals surface area (Å²) in [5.41, 5.74) is 3.25. The van der Waals surface area contributed by atoms with Crippen LogP contribution in [0.3, 0.4) is 0 Å². The first-order valence-electron chi connectivity index (χ1n) is 9.18. The number of fused-ring (bicyclic) bond motifs is 1. The van der Waals surface area contributed by atoms with E-state index in [1.807, 2.05) is 40.9 Å². The van der Waals surface area contributed by atoms with Crippen molar-refractivity contribution in [1.29, 1.82) is 0 Å². The number of nitrogens with one attached hydrogen (secondary N) is 1. The fraction of sp³-hybridized carbons (Fsp3) is 0.368. The number of benzene rings is 1. The Balaban J connectivity index is 1.26. The largest absolute Gasteiger partial charge is 0.342 e. The summed E-state index contributed by atoms with van der Waals surface area (Å²) in [7, 11) is 0. The van der Waals surface area contributed by atoms with Gasteiger partial charge in [-0.05, 0) is 31.5 Å². The third-order valence-corrected chi connectivity index (χ3v) is 5.34. The van der Waals surface area contributed by atoms with Crippen molar-refractivity contribution in [3.8, 4) is 0 Å². The molecule has 2 aliphatic rings. The fourth-order valence-electron chi connectivity index (χ4n) is 3.83. The molecule has 0 saturated carbocycles. The van der Waals surface area contributed by atoms with Crippen LogP contribution in [0, 0.1) is 6.92 Å². The van der Waals surface area contributed by atoms with Gasteiger partial charge in [-0.25, -0.2) is 4.98 Å². The van der Waals surface area contributed by atoms with Gasteiger partial charge < -0.3 is 14.8 Å². The number of anilines is 1. The second kappa shape index (κ2) is 5.94. The molecule has 1 aromatic carbocycles. The molecular formula is C19H20N6O2. The highest BCUT2D eigenvalue weighted by atomic mass is 16.2. The molecule has 0 unspecified atom stereocenters. The van der Waals surface area contributed by atoms with E-state index in [0.717, 1.165) is 35.5 Å². The van der Waals surface area contributed by atoms with E-state index < -0.39 is 0 Å². The summed E-state index contributed by atoms with van der Waals surface area (Å²) in [4.78, 5) is 35.7. The fourth-order valence-corrected chi connectivity index (χ4v) is 3.83. The quantitative estimate of drug-likeness (QED) is 0.769. The van der Waals surface area contributed by atoms with Crippen molar-refractivity contribution >= 4 is 28.5 Å². The molecule has 0 spiro atoms. The van der Waals surface area contributed by atoms with E-state index in [2.05, 4.69) is 15.1 Å². The molecule has 8 nitrogen and oxygen atoms in total. The minimum absolute atomic E-state index is 0.0162. The average Bonchev–Trinajstić information content (AvgIpc) is 3.31. The smallest absolute Gasteiger partial charge is 0.254 e. The van der Waals surface area contributed by atoms with Crippen LogP contribution in [0.15, 0.2) is 30.6 Å². The van der Waals surface area contributed by atoms with E-state index in [1.54, 1.807) is 11.1 Å². The lowest BCUT2D eigenvalue weighted by Crippen LogP contribution is -2.50. The number of carbonyl (C=O) groups is 2. The first-order valence-corrected chi connectivity index (χ1v) is 9.18. The zero-order chi connectivity index (χ0) is 18.5. The Bertz CT molecular complexity index is 1050. The summed E-state index contributed by atoms with van der Waals surface area (Å²) in [6, 6.07) is 5.70. The zero-order valence-corrected chi connectivity index (χ0v) is 15.1. The van der Waals surface area contributed by atoms with Gasteiger partial charge in [0, 0.05) is 37.8 Å². The SMILES string of the molecule is Cc1nc2ccc(C(=O)N3CC(n4cc(N5CCCC5=O)cn4)C3)cc2[nH]1. The van der Waals surface area contributed by atoms with E-state index >= 15 is 0 Å². The molecule has 0 bridgehead atoms. The van der Waals surface area contributed by atoms with Gasteiger partial charge in [-0.15, -0.1) is 0 Å². The maximum absolute atomic E-state index is 12.7. The number of aromatic amines is 1. The van der Waals surface area contributed by atoms with E-state index in [1.165, 1.54) is 0 Å². The van der Waals surface area contributed by atoms with Crippen LogP contribution < -0.4 is 4.90 Å². The number of carbonyl (C=O) groups excluding carboxylic acids is 2. The minimum Gasteiger partial charge on any atom is -0.342 e. The highest BCUT2D eigenvalue weighted by Gasteiger charge is 2.34. The number of imidazole rings is 1. The van der Waals surface area contributed by atoms with Gasteiger partial charge in [-0.2, -0.15) is 5.10 Å². The molecule has 2 saturated heterocycles. The number of hydrogen-bond acceptors (Lipinski definition) is 4. The summed E-state index contributed by atoms with van der Waals surface area (Å²) in [5, 5.41) is 4.40. The van der Waals surface area contributed by atoms with Crippen molar-refractivity contribution < 1.29 is 9.59 Å². The van der Waals surface area contributed by atoms with E-state index in [0.29, 0.717) is 25.1 Å². The molecule has 2 aliphatic heterocycles. The molecule has 1 N–H and O–H groups in total. The Kier molecular flexibility index (Phi) is 3.53. The van der Waals surface area contributed by atoms with Gasteiger partial charge in [0.05, 0.1) is 29.0 Å². The molecule has 2 aromatic heterocycles. The maximum Gasteiger partial charge on any atom is 0.254 e. The topological polar surface area (TPSA) is 87.1 Å². The molecule has 0 radical (unpaired) electrons. The van der Waals surface area contributed by atoms with Crippen molar-refractivity contribution in [3.63, 3.8) is 0 Å². The Morgan fingerprint density at radius 1 is 1.30 bits per heavy atom. The number of amides is 2. The van der Waals surface area contributed by atoms with E-state index in [9.17, 15) is 9.59 Å². The van der Waals surface area contributed by atoms with Crippen LogP contribution in [0.5, 0.6) is 0 Å². The van der Waals surface area contributed by atoms with Gasteiger partial charge in [0.25, 0.3) is 5.91 Å². The third kappa shape index (κ3) is 2.68. The molecule has 4 heterocycles. The molecule has 0 atom stereocenters. The summed E-state index contributed by atoms with van der Waals surface area (Å²) >= 11 is 0. The van der Waals surface area contributed by atoms with Crippen LogP contribution in [0.25, 0.3) is 11.0 Å². The van der Waals surface area contributed by atoms with Gasteiger partial charge in [0.1, 0.15) is 5.82 Å². The van der Waals surface area contributed by atoms with Crippen molar-refractivity contribution in [3.05, 3.63) is 42.0 Å². The lowest BCUT2D eigenvalue weighted by molar-refractivity contribution is -0.117. The number of aryl methyl sites for hydroxylation is 1. The van der Waals surface area contributed by atoms with Gasteiger partial charge in [-0.1, -0.05) is 0 Å². The van der Waals surface area contributed by atoms with Crippen molar-refractivity contribution in [2.24, 2.45) is 0 Å². The predicted octanol–water partition coefficient (Wildman–Crippen LogP) is 1.89. The molecule has 3 aromatic rings. The van der Waals surface area contributed by atoms with Gasteiger partial charge in [-0.3, -0.25) is 14.3 Å². The van der Waals surface area contributed by atoms with Crippen LogP contribution in [0.2, 0.25) is 0 Å². The van der Waals surface area contributed by atoms with Crippen LogP contribution in [-0.2, 0) is 4.79 Å². The summed E-state index contributed by atoms with van der Waals surface area (Å²) in [6.45, 7) is 3.90. The number of nitrogens with zero attached hydrogens (tertiary/aromatic N) is 5. The number of rotatable bonds is 3. The predicted molar refractivity (Wildman–Crippen MR) is 99.6 cm³/mol. The Labute approximate surface area is 155 Å². The number of H-pyrrole nitrogens is 1. The second-order valence-electron chi connectivity index (χ2n) is 7.25. The highest BCUT2D eigenvalue weighted by molar-refractivity contribution is 5.98. The van der Waals surface area contributed by atoms with Crippen molar-refractivity contribution in [2.45, 2.75) is 25.8 Å². The number of aromatic nitrogens is 4. The van der Waals surface area contributed by atoms with Crippen LogP contribution in [-0.4, -0.2) is 56.1 Å². The first-order chi connectivity index (χ1) is 13.1. The Morgan fingerprint density at radius 3 is 2.93 bits per heavy atom. The molecule has 2 fully saturated rings. The lowest BCUT2D eigenvalue weighted by Gasteiger charge is -2.39. The minimum atomic E-state index is 0.0162. The normalized spacial score (nSPS) is 17.7. The molecule has 8 heteroatoms. The highest BCUT2D eigenvalue weighted by Crippen LogP contribution is 2.27. The molecule has 2 amide bonds. The standard InChI is InChI=1S/C19H20N6O2/c1-12-21-16-5-4-13(7-17(16)22-12)19(27)23-9-15(10-23)25-11-14(8-20-25)24-6-2-3-18(24)26/h4-5,7-8,11,15H,2-3,6,9-10H2,1H3,(H,21,22). The molecule has 5 rings (SSSR count). The molecule has 138 valence electrons. The summed E-state index contributed by atoms with van der Waals surface area (Å²) < 4.78 is 1.87. The zero-order valence-electron chi connectivity index (χ0n) is 15.1. The van der Waals surface area contributed by atoms with Gasteiger partial charge >= 0.3 is 0 Å². The number of likely N-dealkylation sites (tertiary alicyclic amines) is 1. The average molecular weight is 364 g/mol. The molecule has 27 heavy (non-hydrogen) atoms. The lowest BCUT2D eigenvalue weighted by atomic mass is 10.1. The van der Waals surface area contributed by atoms with Crippen molar-refractivity contribution in [2.75, 3.05) is 24.5 Å². The Hall–Kier alpha value is -3.16. The second-order valence-corrected chi connectivity index (χ2v) is 7.25. The molecule has 0 aliphatic carbocycles. The monoisotopic (exact) mass is 364 g/mol. The number of hydrogen-bond donors (Lipinski definition) is 1. The Morgan fingerprint density at radius 2 is 2.15 bits per heavy atom. The molecular weight excluding hydrogens is 344 g/mol. The van der Waals surface area contributed by atoms with Crippen LogP contribution in [0.1, 0.15) is 35.1 Å².